The first-order chi connectivity index (χ1) is 25.8. The van der Waals surface area contributed by atoms with Crippen molar-refractivity contribution in [3.05, 3.63) is 170 Å². The first-order valence-electron chi connectivity index (χ1n) is 17.7. The number of hydrogen-bond acceptors (Lipinski definition) is 2. The van der Waals surface area contributed by atoms with Crippen molar-refractivity contribution < 1.29 is 0 Å². The van der Waals surface area contributed by atoms with Crippen LogP contribution in [0, 0.1) is 0 Å². The monoisotopic (exact) mass is 660 g/mol. The minimum Gasteiger partial charge on any atom is -0.309 e. The minimum atomic E-state index is 0.922. The number of para-hydroxylation sites is 2. The molecule has 0 unspecified atom stereocenters. The van der Waals surface area contributed by atoms with E-state index in [9.17, 15) is 0 Å². The zero-order valence-electron chi connectivity index (χ0n) is 28.0. The lowest BCUT2D eigenvalue weighted by atomic mass is 10.00. The third kappa shape index (κ3) is 3.75. The van der Waals surface area contributed by atoms with Crippen LogP contribution in [0.15, 0.2) is 170 Å². The molecule has 4 heterocycles. The summed E-state index contributed by atoms with van der Waals surface area (Å²) in [6.07, 6.45) is 3.86. The average molecular weight is 661 g/mol. The molecule has 0 aliphatic heterocycles. The highest BCUT2D eigenvalue weighted by Crippen LogP contribution is 2.47. The number of fused-ring (bicyclic) bond motifs is 10. The molecule has 0 radical (unpaired) electrons. The fourth-order valence-electron chi connectivity index (χ4n) is 8.81. The standard InChI is InChI=1S/C48H28N4/c1-2-11-33(12-3-1)51-44-19-17-32(25-38(44)39-23-29-9-4-5-10-30(29)26-46(39)51)31-18-20-45-37(24-31)35-13-6-7-16-43(35)52(45)47-27-40-34-21-22-49-28-41(34)36-14-8-15-42(50-47)48(36)40/h1-28H. The maximum atomic E-state index is 5.30. The van der Waals surface area contributed by atoms with Gasteiger partial charge in [0.15, 0.2) is 0 Å². The lowest BCUT2D eigenvalue weighted by molar-refractivity contribution is 1.10. The normalized spacial score (nSPS) is 12.2. The molecule has 0 amide bonds. The van der Waals surface area contributed by atoms with Gasteiger partial charge in [-0.1, -0.05) is 84.9 Å². The van der Waals surface area contributed by atoms with E-state index in [4.69, 9.17) is 4.98 Å². The summed E-state index contributed by atoms with van der Waals surface area (Å²) >= 11 is 0. The van der Waals surface area contributed by atoms with Gasteiger partial charge in [-0.15, -0.1) is 0 Å². The third-order valence-electron chi connectivity index (χ3n) is 11.1. The van der Waals surface area contributed by atoms with E-state index >= 15 is 0 Å². The Morgan fingerprint density at radius 3 is 1.94 bits per heavy atom. The number of benzene rings is 7. The number of rotatable bonds is 3. The minimum absolute atomic E-state index is 0.922. The van der Waals surface area contributed by atoms with Crippen LogP contribution < -0.4 is 0 Å². The number of aromatic nitrogens is 4. The molecule has 0 N–H and O–H groups in total. The van der Waals surface area contributed by atoms with Gasteiger partial charge in [0.1, 0.15) is 5.82 Å². The molecule has 0 atom stereocenters. The van der Waals surface area contributed by atoms with Crippen LogP contribution in [0.25, 0.3) is 110 Å². The molecule has 0 spiro atoms. The van der Waals surface area contributed by atoms with Gasteiger partial charge in [-0.25, -0.2) is 4.98 Å². The van der Waals surface area contributed by atoms with Crippen molar-refractivity contribution in [1.82, 2.24) is 19.1 Å². The Morgan fingerprint density at radius 2 is 1.10 bits per heavy atom. The Hall–Kier alpha value is -7.04. The molecule has 4 nitrogen and oxygen atoms in total. The van der Waals surface area contributed by atoms with Gasteiger partial charge in [-0.3, -0.25) is 9.55 Å². The summed E-state index contributed by atoms with van der Waals surface area (Å²) in [6.45, 7) is 0. The van der Waals surface area contributed by atoms with Gasteiger partial charge in [-0.2, -0.15) is 0 Å². The highest BCUT2D eigenvalue weighted by molar-refractivity contribution is 6.17. The first kappa shape index (κ1) is 27.7. The molecule has 0 fully saturated rings. The lowest BCUT2D eigenvalue weighted by Gasteiger charge is -2.11. The molecule has 4 heteroatoms. The number of nitrogens with zero attached hydrogens (tertiary/aromatic N) is 4. The van der Waals surface area contributed by atoms with E-state index in [-0.39, 0.29) is 0 Å². The predicted molar refractivity (Wildman–Crippen MR) is 216 cm³/mol. The molecule has 1 aliphatic rings. The van der Waals surface area contributed by atoms with Crippen molar-refractivity contribution >= 4 is 65.3 Å². The maximum absolute atomic E-state index is 5.30. The molecule has 240 valence electrons. The van der Waals surface area contributed by atoms with Crippen molar-refractivity contribution in [3.63, 3.8) is 0 Å². The van der Waals surface area contributed by atoms with Crippen molar-refractivity contribution in [2.45, 2.75) is 0 Å². The second-order valence-electron chi connectivity index (χ2n) is 13.9. The Labute approximate surface area is 298 Å². The quantitative estimate of drug-likeness (QED) is 0.189. The zero-order valence-corrected chi connectivity index (χ0v) is 28.0. The molecule has 0 saturated heterocycles. The fourth-order valence-corrected chi connectivity index (χ4v) is 8.81. The summed E-state index contributed by atoms with van der Waals surface area (Å²) in [5.41, 5.74) is 14.1. The molecule has 7 aromatic carbocycles. The first-order valence-corrected chi connectivity index (χ1v) is 17.7. The topological polar surface area (TPSA) is 35.6 Å². The van der Waals surface area contributed by atoms with E-state index in [2.05, 4.69) is 172 Å². The Bertz CT molecular complexity index is 3290. The Balaban J connectivity index is 1.08. The van der Waals surface area contributed by atoms with Gasteiger partial charge in [-0.05, 0) is 111 Å². The van der Waals surface area contributed by atoms with Crippen LogP contribution in [-0.4, -0.2) is 19.1 Å². The van der Waals surface area contributed by atoms with Gasteiger partial charge in [0.25, 0.3) is 0 Å². The van der Waals surface area contributed by atoms with Crippen LogP contribution in [0.3, 0.4) is 0 Å². The van der Waals surface area contributed by atoms with Crippen molar-refractivity contribution in [2.75, 3.05) is 0 Å². The van der Waals surface area contributed by atoms with E-state index in [1.807, 2.05) is 12.4 Å². The molecule has 11 aromatic rings. The maximum Gasteiger partial charge on any atom is 0.138 e. The third-order valence-corrected chi connectivity index (χ3v) is 11.1. The lowest BCUT2D eigenvalue weighted by Crippen LogP contribution is -1.98. The van der Waals surface area contributed by atoms with Crippen LogP contribution >= 0.6 is 0 Å². The summed E-state index contributed by atoms with van der Waals surface area (Å²) in [5.74, 6) is 0.922. The Morgan fingerprint density at radius 1 is 0.404 bits per heavy atom. The number of pyridine rings is 2. The molecular formula is C48H28N4. The zero-order chi connectivity index (χ0) is 33.9. The largest absolute Gasteiger partial charge is 0.309 e. The van der Waals surface area contributed by atoms with E-state index in [1.54, 1.807) is 0 Å². The van der Waals surface area contributed by atoms with E-state index < -0.39 is 0 Å². The summed E-state index contributed by atoms with van der Waals surface area (Å²) in [4.78, 5) is 9.74. The molecule has 4 aromatic heterocycles. The van der Waals surface area contributed by atoms with Crippen molar-refractivity contribution in [1.29, 1.82) is 0 Å². The van der Waals surface area contributed by atoms with Crippen LogP contribution in [-0.2, 0) is 0 Å². The van der Waals surface area contributed by atoms with E-state index in [0.29, 0.717) is 0 Å². The predicted octanol–water partition coefficient (Wildman–Crippen LogP) is 12.3. The molecule has 52 heavy (non-hydrogen) atoms. The molecular weight excluding hydrogens is 633 g/mol. The highest BCUT2D eigenvalue weighted by Gasteiger charge is 2.24. The van der Waals surface area contributed by atoms with Crippen LogP contribution in [0.5, 0.6) is 0 Å². The van der Waals surface area contributed by atoms with Crippen molar-refractivity contribution in [2.24, 2.45) is 0 Å². The summed E-state index contributed by atoms with van der Waals surface area (Å²) < 4.78 is 4.73. The molecule has 0 saturated carbocycles. The number of hydrogen-bond donors (Lipinski definition) is 0. The van der Waals surface area contributed by atoms with Crippen LogP contribution in [0.2, 0.25) is 0 Å². The van der Waals surface area contributed by atoms with Crippen LogP contribution in [0.4, 0.5) is 0 Å². The molecule has 12 rings (SSSR count). The summed E-state index contributed by atoms with van der Waals surface area (Å²) in [6, 6.07) is 57.4. The second kappa shape index (κ2) is 10.3. The van der Waals surface area contributed by atoms with E-state index in [0.717, 1.165) is 28.1 Å². The van der Waals surface area contributed by atoms with Gasteiger partial charge in [0.05, 0.1) is 27.6 Å². The SMILES string of the molecule is c1ccc(-n2c3ccc(-c4ccc5c(c4)c4ccccc4n5-c4cc5c6c(cccc6n4)-c4cnccc4-5)cc3c3cc4ccccc4cc32)cc1. The Kier molecular flexibility index (Phi) is 5.47. The average Bonchev–Trinajstić information content (AvgIpc) is 3.83. The van der Waals surface area contributed by atoms with Gasteiger partial charge < -0.3 is 4.57 Å². The molecule has 0 bridgehead atoms. The van der Waals surface area contributed by atoms with Crippen LogP contribution in [0.1, 0.15) is 0 Å². The van der Waals surface area contributed by atoms with Gasteiger partial charge in [0.2, 0.25) is 0 Å². The van der Waals surface area contributed by atoms with Gasteiger partial charge >= 0.3 is 0 Å². The van der Waals surface area contributed by atoms with Gasteiger partial charge in [0, 0.05) is 50.6 Å². The summed E-state index contributed by atoms with van der Waals surface area (Å²) in [7, 11) is 0. The van der Waals surface area contributed by atoms with E-state index in [1.165, 1.54) is 82.1 Å². The smallest absolute Gasteiger partial charge is 0.138 e. The molecule has 1 aliphatic carbocycles. The summed E-state index contributed by atoms with van der Waals surface area (Å²) in [5, 5.41) is 8.62. The fraction of sp³-hybridized carbons (Fsp3) is 0. The highest BCUT2D eigenvalue weighted by atomic mass is 15.1. The second-order valence-corrected chi connectivity index (χ2v) is 13.9. The van der Waals surface area contributed by atoms with Crippen molar-refractivity contribution in [3.8, 4) is 44.9 Å².